The van der Waals surface area contributed by atoms with E-state index in [-0.39, 0.29) is 19.0 Å². The van der Waals surface area contributed by atoms with Crippen LogP contribution >= 0.6 is 0 Å². The van der Waals surface area contributed by atoms with Crippen molar-refractivity contribution in [1.29, 1.82) is 0 Å². The largest absolute Gasteiger partial charge is 0.461 e. The van der Waals surface area contributed by atoms with Crippen molar-refractivity contribution in [3.8, 4) is 0 Å². The molecule has 0 amide bonds. The first-order valence-electron chi connectivity index (χ1n) is 4.52. The van der Waals surface area contributed by atoms with E-state index in [2.05, 4.69) is 6.58 Å². The molecule has 1 N–H and O–H groups in total. The summed E-state index contributed by atoms with van der Waals surface area (Å²) in [6.07, 6.45) is 2.20. The van der Waals surface area contributed by atoms with Crippen LogP contribution in [0.25, 0.3) is 0 Å². The molecule has 0 rings (SSSR count). The van der Waals surface area contributed by atoms with Crippen LogP contribution in [0.5, 0.6) is 0 Å². The van der Waals surface area contributed by atoms with E-state index in [0.29, 0.717) is 12.8 Å². The number of hydrogen-bond donors (Lipinski definition) is 1. The summed E-state index contributed by atoms with van der Waals surface area (Å²) in [6, 6.07) is 0. The Balaban J connectivity index is 4.11. The lowest BCUT2D eigenvalue weighted by molar-refractivity contribution is -0.150. The third kappa shape index (κ3) is 4.77. The van der Waals surface area contributed by atoms with Gasteiger partial charge in [0, 0.05) is 6.61 Å². The van der Waals surface area contributed by atoms with E-state index < -0.39 is 11.9 Å². The molecule has 0 spiro atoms. The lowest BCUT2D eigenvalue weighted by atomic mass is 10.00. The van der Waals surface area contributed by atoms with E-state index in [0.717, 1.165) is 0 Å². The number of aliphatic hydroxyl groups excluding tert-OH is 1. The van der Waals surface area contributed by atoms with Gasteiger partial charge in [-0.1, -0.05) is 12.7 Å². The summed E-state index contributed by atoms with van der Waals surface area (Å²) >= 11 is 0. The molecule has 0 aliphatic carbocycles. The number of aliphatic hydroxyl groups is 1. The van der Waals surface area contributed by atoms with Crippen LogP contribution in [0, 0.1) is 5.92 Å². The Labute approximate surface area is 83.6 Å². The molecule has 0 aliphatic rings. The lowest BCUT2D eigenvalue weighted by Gasteiger charge is -2.11. The van der Waals surface area contributed by atoms with Crippen LogP contribution in [0.2, 0.25) is 0 Å². The first-order chi connectivity index (χ1) is 6.63. The predicted molar refractivity (Wildman–Crippen MR) is 51.6 cm³/mol. The number of ketones is 1. The van der Waals surface area contributed by atoms with Crippen molar-refractivity contribution in [2.24, 2.45) is 5.92 Å². The number of carbonyl (C=O) groups is 2. The normalized spacial score (nSPS) is 11.9. The maximum absolute atomic E-state index is 11.3. The predicted octanol–water partition coefficient (Wildman–Crippen LogP) is 0.693. The summed E-state index contributed by atoms with van der Waals surface area (Å²) in [6.45, 7) is 4.82. The Kier molecular flexibility index (Phi) is 6.66. The van der Waals surface area contributed by atoms with Gasteiger partial charge in [0.25, 0.3) is 0 Å². The zero-order valence-corrected chi connectivity index (χ0v) is 8.36. The molecule has 0 saturated carbocycles. The van der Waals surface area contributed by atoms with E-state index in [1.807, 2.05) is 0 Å². The van der Waals surface area contributed by atoms with E-state index in [1.165, 1.54) is 13.0 Å². The monoisotopic (exact) mass is 200 g/mol. The minimum Gasteiger partial charge on any atom is -0.461 e. The molecule has 0 aromatic rings. The average molecular weight is 200 g/mol. The van der Waals surface area contributed by atoms with Gasteiger partial charge in [0.15, 0.2) is 0 Å². The van der Waals surface area contributed by atoms with Gasteiger partial charge in [0.05, 0.1) is 0 Å². The van der Waals surface area contributed by atoms with E-state index in [9.17, 15) is 9.59 Å². The van der Waals surface area contributed by atoms with Gasteiger partial charge < -0.3 is 9.84 Å². The average Bonchev–Trinajstić information content (AvgIpc) is 2.14. The molecule has 4 nitrogen and oxygen atoms in total. The van der Waals surface area contributed by atoms with Gasteiger partial charge in [0.1, 0.15) is 18.3 Å². The molecule has 0 saturated heterocycles. The molecule has 80 valence electrons. The van der Waals surface area contributed by atoms with E-state index >= 15 is 0 Å². The molecule has 14 heavy (non-hydrogen) atoms. The topological polar surface area (TPSA) is 63.6 Å². The Bertz CT molecular complexity index is 210. The summed E-state index contributed by atoms with van der Waals surface area (Å²) in [7, 11) is 0. The van der Waals surface area contributed by atoms with Gasteiger partial charge in [-0.2, -0.15) is 0 Å². The highest BCUT2D eigenvalue weighted by Crippen LogP contribution is 2.09. The van der Waals surface area contributed by atoms with Crippen LogP contribution in [-0.4, -0.2) is 30.1 Å². The number of carbonyl (C=O) groups excluding carboxylic acids is 2. The molecule has 4 heteroatoms. The van der Waals surface area contributed by atoms with Crippen LogP contribution in [-0.2, 0) is 14.3 Å². The van der Waals surface area contributed by atoms with Gasteiger partial charge in [-0.15, -0.1) is 0 Å². The Morgan fingerprint density at radius 3 is 2.64 bits per heavy atom. The summed E-state index contributed by atoms with van der Waals surface area (Å²) in [4.78, 5) is 22.3. The highest BCUT2D eigenvalue weighted by Gasteiger charge is 2.23. The Morgan fingerprint density at radius 2 is 2.21 bits per heavy atom. The molecule has 0 radical (unpaired) electrons. The first-order valence-corrected chi connectivity index (χ1v) is 4.52. The number of hydrogen-bond acceptors (Lipinski definition) is 4. The third-order valence-electron chi connectivity index (χ3n) is 1.77. The second kappa shape index (κ2) is 7.26. The smallest absolute Gasteiger partial charge is 0.316 e. The number of rotatable bonds is 7. The minimum atomic E-state index is -0.748. The van der Waals surface area contributed by atoms with Crippen LogP contribution < -0.4 is 0 Å². The van der Waals surface area contributed by atoms with Crippen molar-refractivity contribution in [2.75, 3.05) is 13.2 Å². The summed E-state index contributed by atoms with van der Waals surface area (Å²) < 4.78 is 4.75. The first kappa shape index (κ1) is 12.8. The maximum Gasteiger partial charge on any atom is 0.316 e. The fourth-order valence-corrected chi connectivity index (χ4v) is 1.02. The minimum absolute atomic E-state index is 0.0292. The number of Topliss-reactive ketones (excluding diaryl/α,β-unsaturated/α-hetero) is 1. The molecule has 0 aromatic carbocycles. The highest BCUT2D eigenvalue weighted by atomic mass is 16.5. The lowest BCUT2D eigenvalue weighted by Crippen LogP contribution is -2.24. The van der Waals surface area contributed by atoms with Crippen molar-refractivity contribution >= 4 is 11.8 Å². The van der Waals surface area contributed by atoms with E-state index in [1.54, 1.807) is 0 Å². The highest BCUT2D eigenvalue weighted by molar-refractivity contribution is 5.97. The molecule has 1 atom stereocenters. The summed E-state index contributed by atoms with van der Waals surface area (Å²) in [5.41, 5.74) is 0. The van der Waals surface area contributed by atoms with Crippen molar-refractivity contribution in [3.05, 3.63) is 12.7 Å². The molecule has 1 unspecified atom stereocenters. The zero-order chi connectivity index (χ0) is 11.0. The van der Waals surface area contributed by atoms with Crippen molar-refractivity contribution < 1.29 is 19.4 Å². The number of ether oxygens (including phenoxy) is 1. The quantitative estimate of drug-likeness (QED) is 0.373. The van der Waals surface area contributed by atoms with Gasteiger partial charge in [-0.25, -0.2) is 0 Å². The molecule has 0 heterocycles. The van der Waals surface area contributed by atoms with Crippen LogP contribution in [0.3, 0.4) is 0 Å². The summed E-state index contributed by atoms with van der Waals surface area (Å²) in [5.74, 6) is -1.51. The van der Waals surface area contributed by atoms with Gasteiger partial charge >= 0.3 is 5.97 Å². The van der Waals surface area contributed by atoms with Crippen molar-refractivity contribution in [2.45, 2.75) is 19.8 Å². The molecule has 0 fully saturated rings. The Morgan fingerprint density at radius 1 is 1.57 bits per heavy atom. The molecule has 0 bridgehead atoms. The third-order valence-corrected chi connectivity index (χ3v) is 1.77. The molecular formula is C10H16O4. The molecule has 0 aromatic heterocycles. The van der Waals surface area contributed by atoms with Crippen LogP contribution in [0.1, 0.15) is 19.8 Å². The second-order valence-corrected chi connectivity index (χ2v) is 2.95. The van der Waals surface area contributed by atoms with Crippen molar-refractivity contribution in [1.82, 2.24) is 0 Å². The van der Waals surface area contributed by atoms with E-state index in [4.69, 9.17) is 9.84 Å². The second-order valence-electron chi connectivity index (χ2n) is 2.95. The summed E-state index contributed by atoms with van der Waals surface area (Å²) in [5, 5.41) is 8.58. The fraction of sp³-hybridized carbons (Fsp3) is 0.600. The SMILES string of the molecule is C=CCOC(=O)C(CCCO)C(C)=O. The molecular weight excluding hydrogens is 184 g/mol. The Hall–Kier alpha value is -1.16. The number of esters is 1. The van der Waals surface area contributed by atoms with Gasteiger partial charge in [0.2, 0.25) is 0 Å². The zero-order valence-electron chi connectivity index (χ0n) is 8.36. The fourth-order valence-electron chi connectivity index (χ4n) is 1.02. The standard InChI is InChI=1S/C10H16O4/c1-3-7-14-10(13)9(8(2)12)5-4-6-11/h3,9,11H,1,4-7H2,2H3. The molecule has 0 aliphatic heterocycles. The van der Waals surface area contributed by atoms with Gasteiger partial charge in [-0.05, 0) is 19.8 Å². The van der Waals surface area contributed by atoms with Crippen LogP contribution in [0.15, 0.2) is 12.7 Å². The van der Waals surface area contributed by atoms with Crippen LogP contribution in [0.4, 0.5) is 0 Å². The van der Waals surface area contributed by atoms with Crippen molar-refractivity contribution in [3.63, 3.8) is 0 Å². The van der Waals surface area contributed by atoms with Gasteiger partial charge in [-0.3, -0.25) is 9.59 Å². The maximum atomic E-state index is 11.3.